The summed E-state index contributed by atoms with van der Waals surface area (Å²) < 4.78 is 44.7. The Bertz CT molecular complexity index is 971. The second kappa shape index (κ2) is 10.6. The van der Waals surface area contributed by atoms with Crippen molar-refractivity contribution in [3.05, 3.63) is 58.3 Å². The molecule has 0 bridgehead atoms. The van der Waals surface area contributed by atoms with Crippen molar-refractivity contribution in [2.45, 2.75) is 19.3 Å². The molecular weight excluding hydrogens is 532 g/mol. The summed E-state index contributed by atoms with van der Waals surface area (Å²) in [6.07, 6.45) is -2.60. The largest absolute Gasteiger partial charge is 0.497 e. The van der Waals surface area contributed by atoms with Crippen molar-refractivity contribution in [3.8, 4) is 11.4 Å². The summed E-state index contributed by atoms with van der Waals surface area (Å²) in [5, 5.41) is 11.8. The molecule has 0 aliphatic heterocycles. The molecule has 30 heavy (non-hydrogen) atoms. The van der Waals surface area contributed by atoms with Gasteiger partial charge in [-0.15, -0.1) is 35.3 Å². The van der Waals surface area contributed by atoms with Gasteiger partial charge in [0.05, 0.1) is 31.6 Å². The smallest absolute Gasteiger partial charge is 0.434 e. The van der Waals surface area contributed by atoms with E-state index in [0.717, 1.165) is 33.8 Å². The summed E-state index contributed by atoms with van der Waals surface area (Å²) in [7, 11) is 3.19. The number of benzene rings is 1. The maximum atomic E-state index is 12.6. The van der Waals surface area contributed by atoms with Crippen molar-refractivity contribution < 1.29 is 17.9 Å². The Morgan fingerprint density at radius 2 is 1.87 bits per heavy atom. The fraction of sp³-hybridized carbons (Fsp3) is 0.278. The molecule has 0 atom stereocenters. The van der Waals surface area contributed by atoms with E-state index in [-0.39, 0.29) is 30.5 Å². The molecule has 0 aliphatic rings. The van der Waals surface area contributed by atoms with Gasteiger partial charge in [-0.3, -0.25) is 4.99 Å². The van der Waals surface area contributed by atoms with E-state index in [1.165, 1.54) is 0 Å². The summed E-state index contributed by atoms with van der Waals surface area (Å²) in [6.45, 7) is 0.537. The first-order valence-corrected chi connectivity index (χ1v) is 9.42. The first kappa shape index (κ1) is 23.9. The lowest BCUT2D eigenvalue weighted by Crippen LogP contribution is -2.36. The number of ether oxygens (including phenoxy) is 1. The van der Waals surface area contributed by atoms with Crippen LogP contribution in [0.5, 0.6) is 5.75 Å². The molecule has 12 heteroatoms. The highest BCUT2D eigenvalue weighted by atomic mass is 127. The van der Waals surface area contributed by atoms with Crippen LogP contribution in [0.3, 0.4) is 0 Å². The van der Waals surface area contributed by atoms with Gasteiger partial charge in [-0.2, -0.15) is 18.3 Å². The zero-order chi connectivity index (χ0) is 20.9. The highest BCUT2D eigenvalue weighted by Gasteiger charge is 2.33. The highest BCUT2D eigenvalue weighted by Crippen LogP contribution is 2.29. The fourth-order valence-electron chi connectivity index (χ4n) is 2.41. The molecular formula is C18H20F3IN6OS. The molecule has 162 valence electrons. The van der Waals surface area contributed by atoms with Crippen LogP contribution in [0, 0.1) is 0 Å². The molecule has 2 heterocycles. The van der Waals surface area contributed by atoms with E-state index in [4.69, 9.17) is 4.74 Å². The summed E-state index contributed by atoms with van der Waals surface area (Å²) in [5.74, 6) is 1.20. The van der Waals surface area contributed by atoms with Gasteiger partial charge in [0.2, 0.25) is 0 Å². The van der Waals surface area contributed by atoms with Gasteiger partial charge in [0.1, 0.15) is 10.8 Å². The van der Waals surface area contributed by atoms with E-state index in [2.05, 4.69) is 25.7 Å². The number of hydrogen-bond acceptors (Lipinski definition) is 5. The minimum absolute atomic E-state index is 0. The molecule has 7 nitrogen and oxygen atoms in total. The van der Waals surface area contributed by atoms with E-state index in [9.17, 15) is 13.2 Å². The highest BCUT2D eigenvalue weighted by molar-refractivity contribution is 14.0. The summed E-state index contributed by atoms with van der Waals surface area (Å²) in [4.78, 5) is 7.64. The van der Waals surface area contributed by atoms with Crippen molar-refractivity contribution in [3.63, 3.8) is 0 Å². The molecule has 0 spiro atoms. The normalized spacial score (nSPS) is 11.7. The van der Waals surface area contributed by atoms with Crippen LogP contribution in [0.15, 0.2) is 46.9 Å². The molecule has 0 amide bonds. The zero-order valence-corrected chi connectivity index (χ0v) is 19.3. The number of hydrogen-bond donors (Lipinski definition) is 2. The van der Waals surface area contributed by atoms with Crippen LogP contribution in [0.25, 0.3) is 5.69 Å². The molecule has 0 saturated heterocycles. The number of aromatic nitrogens is 3. The predicted octanol–water partition coefficient (Wildman–Crippen LogP) is 3.84. The summed E-state index contributed by atoms with van der Waals surface area (Å²) in [6, 6.07) is 9.35. The second-order valence-electron chi connectivity index (χ2n) is 5.85. The molecule has 1 aromatic carbocycles. The van der Waals surface area contributed by atoms with Crippen LogP contribution < -0.4 is 15.4 Å². The molecule has 2 aromatic heterocycles. The standard InChI is InChI=1S/C18H19F3N6OS.HI/c1-22-17(24-10-16-25-15(11-29-16)18(19,20)21)23-9-12-7-8-27(26-12)13-3-5-14(28-2)6-4-13;/h3-8,11H,9-10H2,1-2H3,(H2,22,23,24);1H. The van der Waals surface area contributed by atoms with Crippen LogP contribution in [0.2, 0.25) is 0 Å². The third-order valence-electron chi connectivity index (χ3n) is 3.89. The lowest BCUT2D eigenvalue weighted by molar-refractivity contribution is -0.140. The van der Waals surface area contributed by atoms with Crippen molar-refractivity contribution >= 4 is 41.3 Å². The van der Waals surface area contributed by atoms with E-state index >= 15 is 0 Å². The lowest BCUT2D eigenvalue weighted by atomic mass is 10.3. The maximum Gasteiger partial charge on any atom is 0.434 e. The van der Waals surface area contributed by atoms with Crippen LogP contribution in [0.4, 0.5) is 13.2 Å². The van der Waals surface area contributed by atoms with Crippen molar-refractivity contribution in [1.29, 1.82) is 0 Å². The van der Waals surface area contributed by atoms with Gasteiger partial charge in [-0.1, -0.05) is 0 Å². The van der Waals surface area contributed by atoms with Crippen LogP contribution in [-0.4, -0.2) is 34.9 Å². The summed E-state index contributed by atoms with van der Waals surface area (Å²) >= 11 is 0.946. The van der Waals surface area contributed by atoms with Crippen LogP contribution >= 0.6 is 35.3 Å². The SMILES string of the molecule is CN=C(NCc1ccn(-c2ccc(OC)cc2)n1)NCc1nc(C(F)(F)F)cs1.I. The van der Waals surface area contributed by atoms with Gasteiger partial charge in [0.25, 0.3) is 0 Å². The average molecular weight is 552 g/mol. The van der Waals surface area contributed by atoms with Crippen molar-refractivity contribution in [2.75, 3.05) is 14.2 Å². The number of nitrogens with one attached hydrogen (secondary N) is 2. The number of alkyl halides is 3. The minimum atomic E-state index is -4.43. The number of halogens is 4. The number of thiazole rings is 1. The first-order chi connectivity index (χ1) is 13.9. The monoisotopic (exact) mass is 552 g/mol. The van der Waals surface area contributed by atoms with Crippen LogP contribution in [-0.2, 0) is 19.3 Å². The minimum Gasteiger partial charge on any atom is -0.497 e. The Kier molecular flexibility index (Phi) is 8.46. The van der Waals surface area contributed by atoms with Crippen LogP contribution in [0.1, 0.15) is 16.4 Å². The summed E-state index contributed by atoms with van der Waals surface area (Å²) in [5.41, 5.74) is 0.785. The molecule has 0 radical (unpaired) electrons. The number of aliphatic imine (C=N–C) groups is 1. The Morgan fingerprint density at radius 3 is 2.47 bits per heavy atom. The third kappa shape index (κ3) is 6.32. The Morgan fingerprint density at radius 1 is 1.17 bits per heavy atom. The fourth-order valence-corrected chi connectivity index (χ4v) is 3.15. The molecule has 0 unspecified atom stereocenters. The van der Waals surface area contributed by atoms with E-state index in [0.29, 0.717) is 17.5 Å². The second-order valence-corrected chi connectivity index (χ2v) is 6.80. The number of rotatable bonds is 6. The molecule has 0 aliphatic carbocycles. The van der Waals surface area contributed by atoms with Gasteiger partial charge in [-0.25, -0.2) is 9.67 Å². The Hall–Kier alpha value is -2.35. The van der Waals surface area contributed by atoms with E-state index in [1.54, 1.807) is 18.8 Å². The Labute approximate surface area is 192 Å². The third-order valence-corrected chi connectivity index (χ3v) is 4.74. The van der Waals surface area contributed by atoms with Gasteiger partial charge < -0.3 is 15.4 Å². The van der Waals surface area contributed by atoms with Crippen molar-refractivity contribution in [2.24, 2.45) is 4.99 Å². The van der Waals surface area contributed by atoms with Gasteiger partial charge in [-0.05, 0) is 30.3 Å². The number of guanidine groups is 1. The quantitative estimate of drug-likeness (QED) is 0.276. The molecule has 0 saturated carbocycles. The molecule has 3 rings (SSSR count). The van der Waals surface area contributed by atoms with Gasteiger partial charge in [0, 0.05) is 18.6 Å². The van der Waals surface area contributed by atoms with E-state index in [1.807, 2.05) is 36.5 Å². The topological polar surface area (TPSA) is 76.4 Å². The average Bonchev–Trinajstić information content (AvgIpc) is 3.38. The van der Waals surface area contributed by atoms with E-state index < -0.39 is 11.9 Å². The number of methoxy groups -OCH3 is 1. The lowest BCUT2D eigenvalue weighted by Gasteiger charge is -2.09. The van der Waals surface area contributed by atoms with Gasteiger partial charge in [0.15, 0.2) is 11.7 Å². The van der Waals surface area contributed by atoms with Crippen molar-refractivity contribution in [1.82, 2.24) is 25.4 Å². The maximum absolute atomic E-state index is 12.6. The predicted molar refractivity (Wildman–Crippen MR) is 120 cm³/mol. The molecule has 3 aromatic rings. The Balaban J connectivity index is 0.00000320. The molecule has 2 N–H and O–H groups in total. The molecule has 0 fully saturated rings. The first-order valence-electron chi connectivity index (χ1n) is 8.54. The van der Waals surface area contributed by atoms with Gasteiger partial charge >= 0.3 is 6.18 Å². The number of nitrogens with zero attached hydrogens (tertiary/aromatic N) is 4. The zero-order valence-electron chi connectivity index (χ0n) is 16.1.